The predicted octanol–water partition coefficient (Wildman–Crippen LogP) is 0.678. The summed E-state index contributed by atoms with van der Waals surface area (Å²) in [4.78, 5) is 16.2. The summed E-state index contributed by atoms with van der Waals surface area (Å²) in [5.74, 6) is -0.212. The third kappa shape index (κ3) is 2.90. The molecule has 0 saturated carbocycles. The Bertz CT molecular complexity index is 576. The van der Waals surface area contributed by atoms with Crippen LogP contribution in [0, 0.1) is 6.92 Å². The van der Waals surface area contributed by atoms with Gasteiger partial charge in [0.1, 0.15) is 5.69 Å². The Kier molecular flexibility index (Phi) is 3.79. The Morgan fingerprint density at radius 2 is 2.26 bits per heavy atom. The van der Waals surface area contributed by atoms with Crippen molar-refractivity contribution in [2.45, 2.75) is 13.3 Å². The lowest BCUT2D eigenvalue weighted by atomic mass is 10.2. The molecule has 2 heterocycles. The van der Waals surface area contributed by atoms with Crippen LogP contribution in [0.25, 0.3) is 0 Å². The highest BCUT2D eigenvalue weighted by Crippen LogP contribution is 2.14. The summed E-state index contributed by atoms with van der Waals surface area (Å²) in [6, 6.07) is 5.71. The summed E-state index contributed by atoms with van der Waals surface area (Å²) in [6.07, 6.45) is 2.42. The maximum absolute atomic E-state index is 12.0. The molecule has 2 aromatic heterocycles. The summed E-state index contributed by atoms with van der Waals surface area (Å²) in [5.41, 5.74) is 8.27. The lowest BCUT2D eigenvalue weighted by Crippen LogP contribution is -2.28. The van der Waals surface area contributed by atoms with Gasteiger partial charge in [-0.2, -0.15) is 5.10 Å². The largest absolute Gasteiger partial charge is 0.395 e. The maximum Gasteiger partial charge on any atom is 0.271 e. The van der Waals surface area contributed by atoms with Gasteiger partial charge in [0.25, 0.3) is 5.91 Å². The Hall–Kier alpha value is -2.37. The number of nitrogens with two attached hydrogens (primary N) is 1. The van der Waals surface area contributed by atoms with Crippen LogP contribution in [0.3, 0.4) is 0 Å². The van der Waals surface area contributed by atoms with Gasteiger partial charge in [0.05, 0.1) is 11.4 Å². The number of hydrogen-bond donors (Lipinski definition) is 2. The first-order valence-electron chi connectivity index (χ1n) is 6.06. The van der Waals surface area contributed by atoms with Gasteiger partial charge < -0.3 is 11.1 Å². The number of nitrogens with zero attached hydrogens (tertiary/aromatic N) is 3. The van der Waals surface area contributed by atoms with Crippen molar-refractivity contribution in [3.8, 4) is 0 Å². The molecule has 2 aromatic rings. The number of aryl methyl sites for hydroxylation is 2. The number of aromatic nitrogens is 3. The van der Waals surface area contributed by atoms with E-state index in [1.165, 1.54) is 4.68 Å². The summed E-state index contributed by atoms with van der Waals surface area (Å²) in [7, 11) is 1.71. The third-order valence-electron chi connectivity index (χ3n) is 2.88. The van der Waals surface area contributed by atoms with Gasteiger partial charge >= 0.3 is 0 Å². The van der Waals surface area contributed by atoms with Crippen molar-refractivity contribution in [1.29, 1.82) is 0 Å². The number of rotatable bonds is 4. The molecule has 6 heteroatoms. The van der Waals surface area contributed by atoms with Gasteiger partial charge in [-0.3, -0.25) is 14.5 Å². The highest BCUT2D eigenvalue weighted by atomic mass is 16.2. The fraction of sp³-hybridized carbons (Fsp3) is 0.308. The van der Waals surface area contributed by atoms with Crippen molar-refractivity contribution >= 4 is 11.6 Å². The SMILES string of the molecule is Cc1nn(C)c(C(=O)NCCc2ccccn2)c1N. The molecule has 0 atom stereocenters. The molecule has 0 aromatic carbocycles. The fourth-order valence-corrected chi connectivity index (χ4v) is 1.88. The van der Waals surface area contributed by atoms with E-state index in [1.54, 1.807) is 20.2 Å². The average Bonchev–Trinajstić information content (AvgIpc) is 2.64. The van der Waals surface area contributed by atoms with Crippen LogP contribution in [0.1, 0.15) is 21.9 Å². The van der Waals surface area contributed by atoms with Crippen LogP contribution in [0.15, 0.2) is 24.4 Å². The number of pyridine rings is 1. The van der Waals surface area contributed by atoms with Crippen LogP contribution in [-0.2, 0) is 13.5 Å². The quantitative estimate of drug-likeness (QED) is 0.845. The van der Waals surface area contributed by atoms with Gasteiger partial charge in [-0.05, 0) is 19.1 Å². The molecule has 0 aliphatic heterocycles. The number of carbonyl (C=O) groups excluding carboxylic acids is 1. The highest BCUT2D eigenvalue weighted by molar-refractivity contribution is 5.97. The van der Waals surface area contributed by atoms with E-state index < -0.39 is 0 Å². The summed E-state index contributed by atoms with van der Waals surface area (Å²) in [6.45, 7) is 2.29. The summed E-state index contributed by atoms with van der Waals surface area (Å²) < 4.78 is 1.50. The zero-order valence-electron chi connectivity index (χ0n) is 11.1. The van der Waals surface area contributed by atoms with Crippen LogP contribution in [0.2, 0.25) is 0 Å². The monoisotopic (exact) mass is 259 g/mol. The number of carbonyl (C=O) groups is 1. The third-order valence-corrected chi connectivity index (χ3v) is 2.88. The minimum atomic E-state index is -0.212. The molecule has 3 N–H and O–H groups in total. The molecule has 0 unspecified atom stereocenters. The predicted molar refractivity (Wildman–Crippen MR) is 72.6 cm³/mol. The molecule has 100 valence electrons. The molecule has 19 heavy (non-hydrogen) atoms. The molecular weight excluding hydrogens is 242 g/mol. The number of nitrogens with one attached hydrogen (secondary N) is 1. The zero-order chi connectivity index (χ0) is 13.8. The van der Waals surface area contributed by atoms with E-state index in [0.29, 0.717) is 30.0 Å². The van der Waals surface area contributed by atoms with Crippen LogP contribution >= 0.6 is 0 Å². The second kappa shape index (κ2) is 5.51. The van der Waals surface area contributed by atoms with Gasteiger partial charge in [-0.25, -0.2) is 0 Å². The van der Waals surface area contributed by atoms with E-state index in [1.807, 2.05) is 18.2 Å². The van der Waals surface area contributed by atoms with Crippen LogP contribution in [0.5, 0.6) is 0 Å². The van der Waals surface area contributed by atoms with Crippen LogP contribution < -0.4 is 11.1 Å². The van der Waals surface area contributed by atoms with Gasteiger partial charge in [-0.1, -0.05) is 6.07 Å². The highest BCUT2D eigenvalue weighted by Gasteiger charge is 2.17. The fourth-order valence-electron chi connectivity index (χ4n) is 1.88. The van der Waals surface area contributed by atoms with Crippen molar-refractivity contribution in [1.82, 2.24) is 20.1 Å². The molecule has 0 saturated heterocycles. The number of anilines is 1. The zero-order valence-corrected chi connectivity index (χ0v) is 11.1. The smallest absolute Gasteiger partial charge is 0.271 e. The van der Waals surface area contributed by atoms with E-state index in [0.717, 1.165) is 5.69 Å². The van der Waals surface area contributed by atoms with E-state index in [2.05, 4.69) is 15.4 Å². The summed E-state index contributed by atoms with van der Waals surface area (Å²) in [5, 5.41) is 6.94. The van der Waals surface area contributed by atoms with Gasteiger partial charge in [0.15, 0.2) is 0 Å². The molecule has 0 radical (unpaired) electrons. The normalized spacial score (nSPS) is 10.4. The number of nitrogen functional groups attached to an aromatic ring is 1. The van der Waals surface area contributed by atoms with Crippen molar-refractivity contribution in [3.63, 3.8) is 0 Å². The standard InChI is InChI=1S/C13H17N5O/c1-9-11(14)12(18(2)17-9)13(19)16-8-6-10-5-3-4-7-15-10/h3-5,7H,6,8,14H2,1-2H3,(H,16,19). The molecule has 0 spiro atoms. The Morgan fingerprint density at radius 1 is 1.47 bits per heavy atom. The van der Waals surface area contributed by atoms with Crippen molar-refractivity contribution in [2.24, 2.45) is 7.05 Å². The van der Waals surface area contributed by atoms with Crippen LogP contribution in [0.4, 0.5) is 5.69 Å². The molecule has 0 fully saturated rings. The second-order valence-corrected chi connectivity index (χ2v) is 4.30. The topological polar surface area (TPSA) is 85.8 Å². The van der Waals surface area contributed by atoms with E-state index in [9.17, 15) is 4.79 Å². The average molecular weight is 259 g/mol. The van der Waals surface area contributed by atoms with E-state index >= 15 is 0 Å². The molecular formula is C13H17N5O. The maximum atomic E-state index is 12.0. The lowest BCUT2D eigenvalue weighted by Gasteiger charge is -2.06. The molecule has 1 amide bonds. The Morgan fingerprint density at radius 3 is 2.84 bits per heavy atom. The van der Waals surface area contributed by atoms with Gasteiger partial charge in [0, 0.05) is 31.9 Å². The first-order valence-corrected chi connectivity index (χ1v) is 6.06. The molecule has 0 aliphatic carbocycles. The first-order chi connectivity index (χ1) is 9.09. The number of amides is 1. The van der Waals surface area contributed by atoms with Crippen molar-refractivity contribution in [3.05, 3.63) is 41.5 Å². The van der Waals surface area contributed by atoms with Crippen LogP contribution in [-0.4, -0.2) is 27.2 Å². The van der Waals surface area contributed by atoms with Crippen molar-refractivity contribution in [2.75, 3.05) is 12.3 Å². The Balaban J connectivity index is 1.95. The minimum absolute atomic E-state index is 0.212. The van der Waals surface area contributed by atoms with E-state index in [4.69, 9.17) is 5.73 Å². The number of hydrogen-bond acceptors (Lipinski definition) is 4. The first kappa shape index (κ1) is 13.1. The van der Waals surface area contributed by atoms with Gasteiger partial charge in [0.2, 0.25) is 0 Å². The molecule has 0 bridgehead atoms. The minimum Gasteiger partial charge on any atom is -0.395 e. The van der Waals surface area contributed by atoms with E-state index in [-0.39, 0.29) is 5.91 Å². The Labute approximate surface area is 111 Å². The molecule has 0 aliphatic rings. The second-order valence-electron chi connectivity index (χ2n) is 4.30. The molecule has 2 rings (SSSR count). The van der Waals surface area contributed by atoms with Crippen molar-refractivity contribution < 1.29 is 4.79 Å². The summed E-state index contributed by atoms with van der Waals surface area (Å²) >= 11 is 0. The van der Waals surface area contributed by atoms with Gasteiger partial charge in [-0.15, -0.1) is 0 Å². The lowest BCUT2D eigenvalue weighted by molar-refractivity contribution is 0.0945. The molecule has 6 nitrogen and oxygen atoms in total.